The Bertz CT molecular complexity index is 958. The third kappa shape index (κ3) is 5.77. The van der Waals surface area contributed by atoms with Crippen LogP contribution in [-0.4, -0.2) is 19.1 Å². The molecule has 0 radical (unpaired) electrons. The van der Waals surface area contributed by atoms with Crippen LogP contribution in [0.15, 0.2) is 72.8 Å². The molecule has 3 aromatic carbocycles. The van der Waals surface area contributed by atoms with Gasteiger partial charge < -0.3 is 14.4 Å². The van der Waals surface area contributed by atoms with Crippen LogP contribution in [0.2, 0.25) is 5.02 Å². The lowest BCUT2D eigenvalue weighted by Gasteiger charge is -2.25. The molecule has 0 aliphatic rings. The molecule has 5 heteroatoms. The standard InChI is InChI=1S/C25H26ClNO3/c1-3-27(23-13-10-20(11-14-23)25(28)29-4-2)17-21-16-22(26)12-15-24(21)30-18-19-8-6-5-7-9-19/h5-16H,3-4,17-18H2,1-2H3. The quantitative estimate of drug-likeness (QED) is 0.388. The van der Waals surface area contributed by atoms with Crippen molar-refractivity contribution in [2.45, 2.75) is 27.0 Å². The van der Waals surface area contributed by atoms with E-state index in [0.717, 1.165) is 29.1 Å². The lowest BCUT2D eigenvalue weighted by atomic mass is 10.1. The summed E-state index contributed by atoms with van der Waals surface area (Å²) in [5.74, 6) is 0.503. The molecular weight excluding hydrogens is 398 g/mol. The molecule has 0 unspecified atom stereocenters. The molecule has 0 aliphatic carbocycles. The summed E-state index contributed by atoms with van der Waals surface area (Å²) in [5.41, 5.74) is 3.68. The third-order valence-corrected chi connectivity index (χ3v) is 4.98. The van der Waals surface area contributed by atoms with Gasteiger partial charge in [0.2, 0.25) is 0 Å². The van der Waals surface area contributed by atoms with Crippen LogP contribution in [0.3, 0.4) is 0 Å². The van der Waals surface area contributed by atoms with E-state index in [1.165, 1.54) is 0 Å². The van der Waals surface area contributed by atoms with Gasteiger partial charge in [-0.15, -0.1) is 0 Å². The number of nitrogens with zero attached hydrogens (tertiary/aromatic N) is 1. The van der Waals surface area contributed by atoms with E-state index >= 15 is 0 Å². The first-order valence-electron chi connectivity index (χ1n) is 10.1. The molecule has 0 heterocycles. The molecule has 156 valence electrons. The molecule has 3 aromatic rings. The van der Waals surface area contributed by atoms with Crippen LogP contribution < -0.4 is 9.64 Å². The number of halogens is 1. The summed E-state index contributed by atoms with van der Waals surface area (Å²) in [4.78, 5) is 14.1. The predicted molar refractivity (Wildman–Crippen MR) is 121 cm³/mol. The van der Waals surface area contributed by atoms with E-state index in [0.29, 0.717) is 30.3 Å². The van der Waals surface area contributed by atoms with E-state index in [1.807, 2.05) is 60.7 Å². The summed E-state index contributed by atoms with van der Waals surface area (Å²) in [7, 11) is 0. The average Bonchev–Trinajstić information content (AvgIpc) is 2.78. The summed E-state index contributed by atoms with van der Waals surface area (Å²) in [6.07, 6.45) is 0. The van der Waals surface area contributed by atoms with Crippen molar-refractivity contribution in [3.8, 4) is 5.75 Å². The van der Waals surface area contributed by atoms with Gasteiger partial charge in [-0.3, -0.25) is 0 Å². The first-order valence-corrected chi connectivity index (χ1v) is 10.5. The molecule has 3 rings (SSSR count). The molecule has 0 N–H and O–H groups in total. The minimum atomic E-state index is -0.307. The van der Waals surface area contributed by atoms with Gasteiger partial charge in [-0.25, -0.2) is 4.79 Å². The Morgan fingerprint density at radius 1 is 0.967 bits per heavy atom. The number of carbonyl (C=O) groups is 1. The summed E-state index contributed by atoms with van der Waals surface area (Å²) in [5, 5.41) is 0.672. The minimum absolute atomic E-state index is 0.307. The van der Waals surface area contributed by atoms with E-state index in [4.69, 9.17) is 21.1 Å². The topological polar surface area (TPSA) is 38.8 Å². The molecule has 4 nitrogen and oxygen atoms in total. The Morgan fingerprint density at radius 3 is 2.37 bits per heavy atom. The Balaban J connectivity index is 1.76. The minimum Gasteiger partial charge on any atom is -0.489 e. The largest absolute Gasteiger partial charge is 0.489 e. The maximum Gasteiger partial charge on any atom is 0.338 e. The van der Waals surface area contributed by atoms with Crippen molar-refractivity contribution in [2.75, 3.05) is 18.1 Å². The molecule has 0 aliphatic heterocycles. The molecule has 0 aromatic heterocycles. The van der Waals surface area contributed by atoms with Crippen LogP contribution in [0.5, 0.6) is 5.75 Å². The van der Waals surface area contributed by atoms with E-state index in [9.17, 15) is 4.79 Å². The van der Waals surface area contributed by atoms with E-state index < -0.39 is 0 Å². The normalized spacial score (nSPS) is 10.5. The summed E-state index contributed by atoms with van der Waals surface area (Å²) < 4.78 is 11.1. The maximum atomic E-state index is 11.9. The van der Waals surface area contributed by atoms with Gasteiger partial charge in [-0.2, -0.15) is 0 Å². The number of carbonyl (C=O) groups excluding carboxylic acids is 1. The average molecular weight is 424 g/mol. The first-order chi connectivity index (χ1) is 14.6. The first kappa shape index (κ1) is 21.7. The van der Waals surface area contributed by atoms with Gasteiger partial charge in [0.05, 0.1) is 12.2 Å². The second kappa shape index (κ2) is 10.7. The van der Waals surface area contributed by atoms with Gasteiger partial charge in [0.25, 0.3) is 0 Å². The lowest BCUT2D eigenvalue weighted by Crippen LogP contribution is -2.22. The van der Waals surface area contributed by atoms with E-state index in [-0.39, 0.29) is 5.97 Å². The van der Waals surface area contributed by atoms with Crippen molar-refractivity contribution in [2.24, 2.45) is 0 Å². The highest BCUT2D eigenvalue weighted by molar-refractivity contribution is 6.30. The Morgan fingerprint density at radius 2 is 1.70 bits per heavy atom. The zero-order chi connectivity index (χ0) is 21.3. The zero-order valence-corrected chi connectivity index (χ0v) is 18.1. The molecule has 0 fully saturated rings. The van der Waals surface area contributed by atoms with Gasteiger partial charge in [0.1, 0.15) is 12.4 Å². The van der Waals surface area contributed by atoms with Crippen LogP contribution in [0.1, 0.15) is 35.3 Å². The molecule has 0 spiro atoms. The molecule has 0 saturated carbocycles. The number of rotatable bonds is 9. The SMILES string of the molecule is CCOC(=O)c1ccc(N(CC)Cc2cc(Cl)ccc2OCc2ccccc2)cc1. The van der Waals surface area contributed by atoms with Crippen molar-refractivity contribution in [1.29, 1.82) is 0 Å². The molecule has 0 amide bonds. The number of hydrogen-bond donors (Lipinski definition) is 0. The zero-order valence-electron chi connectivity index (χ0n) is 17.3. The third-order valence-electron chi connectivity index (χ3n) is 4.75. The maximum absolute atomic E-state index is 11.9. The fourth-order valence-electron chi connectivity index (χ4n) is 3.16. The number of anilines is 1. The smallest absolute Gasteiger partial charge is 0.338 e. The van der Waals surface area contributed by atoms with E-state index in [1.54, 1.807) is 19.1 Å². The molecule has 0 atom stereocenters. The van der Waals surface area contributed by atoms with Gasteiger partial charge in [0.15, 0.2) is 0 Å². The molecule has 0 bridgehead atoms. The lowest BCUT2D eigenvalue weighted by molar-refractivity contribution is 0.0526. The predicted octanol–water partition coefficient (Wildman–Crippen LogP) is 6.12. The highest BCUT2D eigenvalue weighted by atomic mass is 35.5. The summed E-state index contributed by atoms with van der Waals surface area (Å²) in [6.45, 7) is 6.18. The number of ether oxygens (including phenoxy) is 2. The fourth-order valence-corrected chi connectivity index (χ4v) is 3.36. The van der Waals surface area contributed by atoms with Crippen molar-refractivity contribution < 1.29 is 14.3 Å². The second-order valence-corrected chi connectivity index (χ2v) is 7.24. The molecule has 30 heavy (non-hydrogen) atoms. The van der Waals surface area contributed by atoms with Crippen LogP contribution in [0, 0.1) is 0 Å². The second-order valence-electron chi connectivity index (χ2n) is 6.81. The summed E-state index contributed by atoms with van der Waals surface area (Å²) in [6, 6.07) is 23.2. The van der Waals surface area contributed by atoms with Crippen LogP contribution in [0.25, 0.3) is 0 Å². The van der Waals surface area contributed by atoms with Gasteiger partial charge in [-0.05, 0) is 61.9 Å². The van der Waals surface area contributed by atoms with Gasteiger partial charge >= 0.3 is 5.97 Å². The Labute approximate surface area is 183 Å². The number of hydrogen-bond acceptors (Lipinski definition) is 4. The molecule has 0 saturated heterocycles. The highest BCUT2D eigenvalue weighted by Crippen LogP contribution is 2.27. The summed E-state index contributed by atoms with van der Waals surface area (Å²) >= 11 is 6.27. The van der Waals surface area contributed by atoms with E-state index in [2.05, 4.69) is 11.8 Å². The van der Waals surface area contributed by atoms with Crippen molar-refractivity contribution in [3.63, 3.8) is 0 Å². The van der Waals surface area contributed by atoms with Gasteiger partial charge in [0, 0.05) is 29.4 Å². The number of esters is 1. The Kier molecular flexibility index (Phi) is 7.75. The van der Waals surface area contributed by atoms with Crippen LogP contribution >= 0.6 is 11.6 Å². The van der Waals surface area contributed by atoms with Crippen molar-refractivity contribution >= 4 is 23.3 Å². The van der Waals surface area contributed by atoms with Crippen LogP contribution in [0.4, 0.5) is 5.69 Å². The van der Waals surface area contributed by atoms with Crippen molar-refractivity contribution in [1.82, 2.24) is 0 Å². The monoisotopic (exact) mass is 423 g/mol. The fraction of sp³-hybridized carbons (Fsp3) is 0.240. The molecular formula is C25H26ClNO3. The highest BCUT2D eigenvalue weighted by Gasteiger charge is 2.13. The van der Waals surface area contributed by atoms with Crippen molar-refractivity contribution in [3.05, 3.63) is 94.5 Å². The number of benzene rings is 3. The van der Waals surface area contributed by atoms with Crippen LogP contribution in [-0.2, 0) is 17.9 Å². The van der Waals surface area contributed by atoms with Gasteiger partial charge in [-0.1, -0.05) is 41.9 Å². The Hall–Kier alpha value is -2.98.